The third kappa shape index (κ3) is 4.23. The molecular formula is C15H17ClN2O. The van der Waals surface area contributed by atoms with E-state index in [9.17, 15) is 0 Å². The zero-order valence-corrected chi connectivity index (χ0v) is 11.7. The summed E-state index contributed by atoms with van der Waals surface area (Å²) in [5, 5.41) is 4.04. The first-order valence-electron chi connectivity index (χ1n) is 6.21. The molecule has 0 atom stereocenters. The fraction of sp³-hybridized carbons (Fsp3) is 0.267. The highest BCUT2D eigenvalue weighted by Gasteiger charge is 2.01. The number of nitrogens with one attached hydrogen (secondary N) is 1. The zero-order chi connectivity index (χ0) is 13.5. The molecule has 0 aliphatic carbocycles. The van der Waals surface area contributed by atoms with Crippen molar-refractivity contribution in [2.45, 2.75) is 13.0 Å². The number of aromatic nitrogens is 1. The summed E-state index contributed by atoms with van der Waals surface area (Å²) < 4.78 is 5.13. The Labute approximate surface area is 118 Å². The first-order chi connectivity index (χ1) is 9.29. The second kappa shape index (κ2) is 7.12. The molecule has 100 valence electrons. The van der Waals surface area contributed by atoms with Gasteiger partial charge in [-0.15, -0.1) is 0 Å². The molecule has 3 nitrogen and oxygen atoms in total. The molecule has 0 unspecified atom stereocenters. The van der Waals surface area contributed by atoms with E-state index in [1.165, 1.54) is 5.56 Å². The maximum atomic E-state index is 6.08. The van der Waals surface area contributed by atoms with Crippen LogP contribution in [0.5, 0.6) is 5.75 Å². The molecule has 1 N–H and O–H groups in total. The van der Waals surface area contributed by atoms with Crippen LogP contribution in [0.4, 0.5) is 0 Å². The van der Waals surface area contributed by atoms with Crippen molar-refractivity contribution < 1.29 is 4.74 Å². The van der Waals surface area contributed by atoms with E-state index in [0.29, 0.717) is 10.8 Å². The Morgan fingerprint density at radius 2 is 1.95 bits per heavy atom. The van der Waals surface area contributed by atoms with E-state index >= 15 is 0 Å². The van der Waals surface area contributed by atoms with E-state index in [2.05, 4.69) is 10.3 Å². The van der Waals surface area contributed by atoms with Crippen molar-refractivity contribution in [2.24, 2.45) is 0 Å². The van der Waals surface area contributed by atoms with Crippen molar-refractivity contribution in [3.63, 3.8) is 0 Å². The predicted molar refractivity (Wildman–Crippen MR) is 77.7 cm³/mol. The average molecular weight is 277 g/mol. The lowest BCUT2D eigenvalue weighted by atomic mass is 10.2. The van der Waals surface area contributed by atoms with Gasteiger partial charge in [0.05, 0.1) is 12.1 Å². The Morgan fingerprint density at radius 1 is 1.16 bits per heavy atom. The van der Waals surface area contributed by atoms with Crippen LogP contribution in [0.25, 0.3) is 0 Å². The van der Waals surface area contributed by atoms with Gasteiger partial charge in [-0.05, 0) is 48.4 Å². The van der Waals surface area contributed by atoms with Gasteiger partial charge in [-0.1, -0.05) is 17.7 Å². The molecule has 0 saturated carbocycles. The van der Waals surface area contributed by atoms with E-state index in [0.717, 1.165) is 25.1 Å². The van der Waals surface area contributed by atoms with E-state index in [4.69, 9.17) is 16.3 Å². The Hall–Kier alpha value is -1.58. The van der Waals surface area contributed by atoms with Gasteiger partial charge in [-0.25, -0.2) is 0 Å². The maximum Gasteiger partial charge on any atom is 0.137 e. The van der Waals surface area contributed by atoms with Crippen LogP contribution in [0.1, 0.15) is 11.1 Å². The minimum atomic E-state index is 0.649. The summed E-state index contributed by atoms with van der Waals surface area (Å²) in [6.07, 6.45) is 4.63. The molecule has 0 aliphatic heterocycles. The summed E-state index contributed by atoms with van der Waals surface area (Å²) >= 11 is 6.08. The van der Waals surface area contributed by atoms with Crippen LogP contribution in [0.15, 0.2) is 42.7 Å². The lowest BCUT2D eigenvalue weighted by molar-refractivity contribution is 0.415. The van der Waals surface area contributed by atoms with Crippen molar-refractivity contribution in [3.8, 4) is 5.75 Å². The summed E-state index contributed by atoms with van der Waals surface area (Å²) in [6.45, 7) is 1.72. The fourth-order valence-corrected chi connectivity index (χ4v) is 2.12. The van der Waals surface area contributed by atoms with Gasteiger partial charge in [-0.3, -0.25) is 4.98 Å². The number of ether oxygens (including phenoxy) is 1. The molecular weight excluding hydrogens is 260 g/mol. The first kappa shape index (κ1) is 13.8. The molecule has 1 heterocycles. The van der Waals surface area contributed by atoms with Crippen molar-refractivity contribution >= 4 is 11.6 Å². The first-order valence-corrected chi connectivity index (χ1v) is 6.59. The minimum absolute atomic E-state index is 0.649. The number of benzene rings is 1. The lowest BCUT2D eigenvalue weighted by Gasteiger charge is -2.07. The molecule has 1 aromatic carbocycles. The highest BCUT2D eigenvalue weighted by Crippen LogP contribution is 2.24. The van der Waals surface area contributed by atoms with Gasteiger partial charge in [0.15, 0.2) is 0 Å². The molecule has 0 radical (unpaired) electrons. The van der Waals surface area contributed by atoms with Gasteiger partial charge in [0.1, 0.15) is 5.75 Å². The smallest absolute Gasteiger partial charge is 0.137 e. The SMILES string of the molecule is COc1ccc(CNCCc2ccncc2)cc1Cl. The highest BCUT2D eigenvalue weighted by atomic mass is 35.5. The summed E-state index contributed by atoms with van der Waals surface area (Å²) in [6, 6.07) is 9.91. The Balaban J connectivity index is 1.78. The van der Waals surface area contributed by atoms with E-state index in [-0.39, 0.29) is 0 Å². The molecule has 0 fully saturated rings. The number of nitrogens with zero attached hydrogens (tertiary/aromatic N) is 1. The summed E-state index contributed by atoms with van der Waals surface area (Å²) in [4.78, 5) is 4.00. The number of methoxy groups -OCH3 is 1. The van der Waals surface area contributed by atoms with Crippen LogP contribution in [-0.2, 0) is 13.0 Å². The number of hydrogen-bond donors (Lipinski definition) is 1. The van der Waals surface area contributed by atoms with Crippen molar-refractivity contribution in [1.82, 2.24) is 10.3 Å². The summed E-state index contributed by atoms with van der Waals surface area (Å²) in [5.74, 6) is 0.710. The normalized spacial score (nSPS) is 10.4. The molecule has 2 aromatic rings. The molecule has 1 aromatic heterocycles. The average Bonchev–Trinajstić information content (AvgIpc) is 2.45. The second-order valence-corrected chi connectivity index (χ2v) is 4.66. The number of halogens is 1. The van der Waals surface area contributed by atoms with Crippen LogP contribution in [0, 0.1) is 0 Å². The Morgan fingerprint density at radius 3 is 2.63 bits per heavy atom. The van der Waals surface area contributed by atoms with Gasteiger partial charge in [0.2, 0.25) is 0 Å². The molecule has 0 spiro atoms. The molecule has 0 amide bonds. The fourth-order valence-electron chi connectivity index (χ4n) is 1.83. The third-order valence-electron chi connectivity index (χ3n) is 2.89. The number of hydrogen-bond acceptors (Lipinski definition) is 3. The van der Waals surface area contributed by atoms with Gasteiger partial charge >= 0.3 is 0 Å². The van der Waals surface area contributed by atoms with Crippen LogP contribution in [0.2, 0.25) is 5.02 Å². The molecule has 0 saturated heterocycles. The maximum absolute atomic E-state index is 6.08. The highest BCUT2D eigenvalue weighted by molar-refractivity contribution is 6.32. The topological polar surface area (TPSA) is 34.1 Å². The monoisotopic (exact) mass is 276 g/mol. The number of rotatable bonds is 6. The van der Waals surface area contributed by atoms with Crippen LogP contribution in [-0.4, -0.2) is 18.6 Å². The van der Waals surface area contributed by atoms with Gasteiger partial charge in [-0.2, -0.15) is 0 Å². The minimum Gasteiger partial charge on any atom is -0.495 e. The van der Waals surface area contributed by atoms with Crippen molar-refractivity contribution in [3.05, 3.63) is 58.9 Å². The van der Waals surface area contributed by atoms with Gasteiger partial charge in [0.25, 0.3) is 0 Å². The van der Waals surface area contributed by atoms with Crippen molar-refractivity contribution in [1.29, 1.82) is 0 Å². The van der Waals surface area contributed by atoms with Gasteiger partial charge in [0, 0.05) is 18.9 Å². The Kier molecular flexibility index (Phi) is 5.19. The van der Waals surface area contributed by atoms with Gasteiger partial charge < -0.3 is 10.1 Å². The summed E-state index contributed by atoms with van der Waals surface area (Å²) in [7, 11) is 1.62. The lowest BCUT2D eigenvalue weighted by Crippen LogP contribution is -2.16. The standard InChI is InChI=1S/C15H17ClN2O/c1-19-15-3-2-13(10-14(15)16)11-18-9-6-12-4-7-17-8-5-12/h2-5,7-8,10,18H,6,9,11H2,1H3. The quantitative estimate of drug-likeness (QED) is 0.824. The molecule has 2 rings (SSSR count). The molecule has 19 heavy (non-hydrogen) atoms. The zero-order valence-electron chi connectivity index (χ0n) is 10.9. The van der Waals surface area contributed by atoms with Crippen LogP contribution < -0.4 is 10.1 Å². The van der Waals surface area contributed by atoms with E-state index in [1.54, 1.807) is 7.11 Å². The molecule has 0 aliphatic rings. The second-order valence-electron chi connectivity index (χ2n) is 4.25. The third-order valence-corrected chi connectivity index (χ3v) is 3.18. The predicted octanol–water partition coefficient (Wildman–Crippen LogP) is 3.08. The van der Waals surface area contributed by atoms with E-state index in [1.807, 2.05) is 42.7 Å². The van der Waals surface area contributed by atoms with Crippen molar-refractivity contribution in [2.75, 3.05) is 13.7 Å². The molecule has 0 bridgehead atoms. The van der Waals surface area contributed by atoms with Crippen LogP contribution in [0.3, 0.4) is 0 Å². The molecule has 4 heteroatoms. The van der Waals surface area contributed by atoms with E-state index < -0.39 is 0 Å². The largest absolute Gasteiger partial charge is 0.495 e. The van der Waals surface area contributed by atoms with Crippen LogP contribution >= 0.6 is 11.6 Å². The Bertz CT molecular complexity index is 517. The number of pyridine rings is 1. The summed E-state index contributed by atoms with van der Waals surface area (Å²) in [5.41, 5.74) is 2.44.